The summed E-state index contributed by atoms with van der Waals surface area (Å²) in [6, 6.07) is 0. The summed E-state index contributed by atoms with van der Waals surface area (Å²) in [5.41, 5.74) is -2.02. The number of carbonyl (C=O) groups excluding carboxylic acids is 7. The Morgan fingerprint density at radius 2 is 1.09 bits per heavy atom. The van der Waals surface area contributed by atoms with Crippen LogP contribution in [0.5, 0.6) is 0 Å². The first kappa shape index (κ1) is 59.4. The van der Waals surface area contributed by atoms with Gasteiger partial charge in [-0.3, -0.25) is 19.2 Å². The number of rotatable bonds is 17. The Morgan fingerprint density at radius 1 is 0.623 bits per heavy atom. The Hall–Kier alpha value is -3.91. The first-order valence-electron chi connectivity index (χ1n) is 26.0. The van der Waals surface area contributed by atoms with Gasteiger partial charge < -0.3 is 37.9 Å². The third kappa shape index (κ3) is 16.3. The molecule has 7 fully saturated rings. The molecule has 0 aromatic carbocycles. The first-order chi connectivity index (χ1) is 31.9. The fraction of sp³-hybridized carbons (Fsp3) is 0.870. The number of carbonyl (C=O) groups is 7. The molecule has 0 aromatic rings. The number of cyclic esters (lactones) is 3. The summed E-state index contributed by atoms with van der Waals surface area (Å²) in [6.07, 6.45) is 14.9. The number of hydrogen-bond acceptors (Lipinski definition) is 15. The summed E-state index contributed by atoms with van der Waals surface area (Å²) < 4.78 is 40.5. The second-order valence-corrected chi connectivity index (χ2v) is 23.6. The molecule has 69 heavy (non-hydrogen) atoms. The quantitative estimate of drug-likeness (QED) is 0.0986. The predicted octanol–water partition coefficient (Wildman–Crippen LogP) is 11.0. The monoisotopic (exact) mass is 979 g/mol. The highest BCUT2D eigenvalue weighted by atomic mass is 16.8. The lowest BCUT2D eigenvalue weighted by molar-refractivity contribution is -0.206. The minimum Gasteiger partial charge on any atom is -0.463 e. The molecule has 5 aliphatic carbocycles. The van der Waals surface area contributed by atoms with Crippen molar-refractivity contribution in [2.24, 2.45) is 44.8 Å². The van der Waals surface area contributed by atoms with E-state index < -0.39 is 53.7 Å². The van der Waals surface area contributed by atoms with Crippen LogP contribution < -0.4 is 0 Å². The molecule has 0 aromatic heterocycles. The summed E-state index contributed by atoms with van der Waals surface area (Å²) in [6.45, 7) is 29.4. The summed E-state index contributed by atoms with van der Waals surface area (Å²) in [5.74, 6) is 0.626. The number of esters is 6. The molecule has 0 spiro atoms. The molecule has 0 radical (unpaired) electrons. The Morgan fingerprint density at radius 3 is 1.51 bits per heavy atom. The zero-order valence-corrected chi connectivity index (χ0v) is 45.2. The van der Waals surface area contributed by atoms with Crippen LogP contribution in [0.25, 0.3) is 0 Å². The summed E-state index contributed by atoms with van der Waals surface area (Å²) in [4.78, 5) is 80.7. The average Bonchev–Trinajstić information content (AvgIpc) is 4.05. The second kappa shape index (κ2) is 24.5. The van der Waals surface area contributed by atoms with Gasteiger partial charge in [0.25, 0.3) is 0 Å². The van der Waals surface area contributed by atoms with E-state index in [1.165, 1.54) is 51.4 Å². The number of hydrogen-bond donors (Lipinski definition) is 0. The molecule has 2 saturated heterocycles. The van der Waals surface area contributed by atoms with Gasteiger partial charge in [-0.1, -0.05) is 34.6 Å². The van der Waals surface area contributed by atoms with Crippen LogP contribution >= 0.6 is 0 Å². The maximum Gasteiger partial charge on any atom is 0.508 e. The zero-order chi connectivity index (χ0) is 52.2. The van der Waals surface area contributed by atoms with E-state index in [0.29, 0.717) is 19.3 Å². The van der Waals surface area contributed by atoms with E-state index in [1.807, 2.05) is 62.3 Å². The van der Waals surface area contributed by atoms with Gasteiger partial charge in [-0.05, 0) is 183 Å². The van der Waals surface area contributed by atoms with Crippen molar-refractivity contribution in [2.75, 3.05) is 26.4 Å². The van der Waals surface area contributed by atoms with E-state index in [1.54, 1.807) is 13.8 Å². The average molecular weight is 979 g/mol. The van der Waals surface area contributed by atoms with Gasteiger partial charge in [0.1, 0.15) is 24.4 Å². The summed E-state index contributed by atoms with van der Waals surface area (Å²) >= 11 is 0. The topological polar surface area (TPSA) is 193 Å². The Kier molecular flexibility index (Phi) is 21.1. The Bertz CT molecular complexity index is 1730. The van der Waals surface area contributed by atoms with Crippen LogP contribution in [0.15, 0.2) is 0 Å². The lowest BCUT2D eigenvalue weighted by Crippen LogP contribution is -2.58. The van der Waals surface area contributed by atoms with E-state index in [2.05, 4.69) is 37.2 Å². The SMILES string of the molecule is CCC(C)(C)C(=O)OC(C)(C)C12CC3CC(CC(C3)C1)C2.CCC(C)(C)C(=O)OCC(=O)OC1CCOC1=O.CCC(C)(C)C(=O)OCC1COC(=O)O1.CCC1(OC(=O)C(C)(C)CC)CCCC1. The van der Waals surface area contributed by atoms with Crippen LogP contribution in [0.1, 0.15) is 207 Å². The maximum atomic E-state index is 12.6. The molecule has 2 heterocycles. The standard InChI is InChI=1S/C19H32O2.C13H24O2.C12H18O6.C10H16O5/c1-6-17(2,3)16(20)21-18(4,5)19-10-13-7-14(11-19)9-15(8-13)12-19;1-5-12(3,4)11(14)15-13(6-2)9-7-8-10-13;1-4-12(2,3)11(15)17-7-9(13)18-8-5-6-16-10(8)14;1-4-10(2,3)8(11)13-5-7-6-14-9(12)15-7/h13-15H,6-12H2,1-5H3;5-10H2,1-4H3;8H,4-7H2,1-3H3;7H,4-6H2,1-3H3. The van der Waals surface area contributed by atoms with Gasteiger partial charge in [0.05, 0.1) is 28.3 Å². The highest BCUT2D eigenvalue weighted by Gasteiger charge is 2.59. The molecule has 396 valence electrons. The van der Waals surface area contributed by atoms with Crippen LogP contribution in [0, 0.1) is 44.8 Å². The third-order valence-electron chi connectivity index (χ3n) is 16.4. The van der Waals surface area contributed by atoms with Crippen molar-refractivity contribution in [2.45, 2.75) is 230 Å². The van der Waals surface area contributed by atoms with Crippen molar-refractivity contribution in [3.05, 3.63) is 0 Å². The van der Waals surface area contributed by atoms with Crippen LogP contribution in [0.4, 0.5) is 4.79 Å². The maximum absolute atomic E-state index is 12.6. The fourth-order valence-electron chi connectivity index (χ4n) is 9.69. The fourth-order valence-corrected chi connectivity index (χ4v) is 9.69. The molecule has 15 heteroatoms. The van der Waals surface area contributed by atoms with Crippen LogP contribution in [0.2, 0.25) is 0 Å². The normalized spacial score (nSPS) is 25.7. The Labute approximate surface area is 413 Å². The van der Waals surface area contributed by atoms with E-state index >= 15 is 0 Å². The molecular formula is C54H90O15. The van der Waals surface area contributed by atoms with E-state index in [4.69, 9.17) is 28.4 Å². The predicted molar refractivity (Wildman–Crippen MR) is 258 cm³/mol. The van der Waals surface area contributed by atoms with Gasteiger partial charge in [0.2, 0.25) is 6.10 Å². The van der Waals surface area contributed by atoms with Gasteiger partial charge in [0.15, 0.2) is 12.7 Å². The van der Waals surface area contributed by atoms with Crippen LogP contribution in [-0.4, -0.2) is 91.8 Å². The second-order valence-electron chi connectivity index (χ2n) is 23.6. The van der Waals surface area contributed by atoms with E-state index in [0.717, 1.165) is 49.9 Å². The molecule has 0 amide bonds. The molecule has 5 saturated carbocycles. The Balaban J connectivity index is 0.000000246. The molecule has 7 aliphatic rings. The lowest BCUT2D eigenvalue weighted by Gasteiger charge is -2.61. The van der Waals surface area contributed by atoms with Gasteiger partial charge >= 0.3 is 42.0 Å². The van der Waals surface area contributed by atoms with Crippen molar-refractivity contribution >= 4 is 42.0 Å². The van der Waals surface area contributed by atoms with Crippen LogP contribution in [-0.2, 0) is 66.7 Å². The van der Waals surface area contributed by atoms with Crippen LogP contribution in [0.3, 0.4) is 0 Å². The lowest BCUT2D eigenvalue weighted by atomic mass is 9.46. The minimum absolute atomic E-state index is 0.00857. The van der Waals surface area contributed by atoms with Gasteiger partial charge in [-0.15, -0.1) is 0 Å². The highest BCUT2D eigenvalue weighted by molar-refractivity contribution is 5.83. The van der Waals surface area contributed by atoms with E-state index in [9.17, 15) is 33.6 Å². The molecule has 2 aliphatic heterocycles. The van der Waals surface area contributed by atoms with Crippen molar-refractivity contribution in [3.63, 3.8) is 0 Å². The molecule has 15 nitrogen and oxygen atoms in total. The summed E-state index contributed by atoms with van der Waals surface area (Å²) in [5, 5.41) is 0. The molecule has 0 N–H and O–H groups in total. The van der Waals surface area contributed by atoms with Crippen molar-refractivity contribution in [1.82, 2.24) is 0 Å². The zero-order valence-electron chi connectivity index (χ0n) is 45.2. The largest absolute Gasteiger partial charge is 0.508 e. The summed E-state index contributed by atoms with van der Waals surface area (Å²) in [7, 11) is 0. The molecular weight excluding hydrogens is 889 g/mol. The number of ether oxygens (including phenoxy) is 8. The third-order valence-corrected chi connectivity index (χ3v) is 16.4. The highest BCUT2D eigenvalue weighted by Crippen LogP contribution is 2.64. The van der Waals surface area contributed by atoms with Gasteiger partial charge in [0, 0.05) is 11.8 Å². The van der Waals surface area contributed by atoms with Crippen molar-refractivity contribution in [3.8, 4) is 0 Å². The molecule has 2 unspecified atom stereocenters. The minimum atomic E-state index is -0.865. The van der Waals surface area contributed by atoms with E-state index in [-0.39, 0.29) is 65.2 Å². The first-order valence-corrected chi connectivity index (χ1v) is 26.0. The smallest absolute Gasteiger partial charge is 0.463 e. The van der Waals surface area contributed by atoms with Gasteiger partial charge in [-0.25, -0.2) is 14.4 Å². The van der Waals surface area contributed by atoms with Gasteiger partial charge in [-0.2, -0.15) is 0 Å². The van der Waals surface area contributed by atoms with Crippen molar-refractivity contribution in [1.29, 1.82) is 0 Å². The molecule has 2 atom stereocenters. The van der Waals surface area contributed by atoms with Crippen molar-refractivity contribution < 1.29 is 71.5 Å². The molecule has 4 bridgehead atoms. The molecule has 7 rings (SSSR count).